The molecule has 2 aromatic rings. The minimum atomic E-state index is -0.0852. The van der Waals surface area contributed by atoms with Gasteiger partial charge >= 0.3 is 0 Å². The highest BCUT2D eigenvalue weighted by Gasteiger charge is 2.58. The van der Waals surface area contributed by atoms with Crippen molar-refractivity contribution in [2.75, 3.05) is 26.4 Å². The first-order valence-electron chi connectivity index (χ1n) is 11.4. The molecule has 3 aliphatic heterocycles. The van der Waals surface area contributed by atoms with Crippen LogP contribution >= 0.6 is 11.6 Å². The Morgan fingerprint density at radius 3 is 2.55 bits per heavy atom. The van der Waals surface area contributed by atoms with E-state index in [9.17, 15) is 4.79 Å². The maximum Gasteiger partial charge on any atom is 0.255 e. The molecule has 2 fully saturated rings. The van der Waals surface area contributed by atoms with Gasteiger partial charge in [-0.1, -0.05) is 29.8 Å². The minimum Gasteiger partial charge on any atom is -0.454 e. The summed E-state index contributed by atoms with van der Waals surface area (Å²) < 4.78 is 11.1. The SMILES string of the molecule is O=C1c2cc3c(cc2C2(CC2)N1CCC1CCN(Cc2ccccc2Cl)CC1)OCO3. The van der Waals surface area contributed by atoms with E-state index >= 15 is 0 Å². The molecule has 2 aromatic carbocycles. The largest absolute Gasteiger partial charge is 0.454 e. The predicted octanol–water partition coefficient (Wildman–Crippen LogP) is 4.82. The Labute approximate surface area is 187 Å². The monoisotopic (exact) mass is 438 g/mol. The molecule has 1 aliphatic carbocycles. The number of benzene rings is 2. The molecule has 5 nitrogen and oxygen atoms in total. The van der Waals surface area contributed by atoms with Gasteiger partial charge in [0.1, 0.15) is 0 Å². The van der Waals surface area contributed by atoms with Gasteiger partial charge in [0.15, 0.2) is 11.5 Å². The first kappa shape index (κ1) is 19.4. The Bertz CT molecular complexity index is 1030. The third-order valence-corrected chi connectivity index (χ3v) is 7.92. The number of rotatable bonds is 5. The average Bonchev–Trinajstić information content (AvgIpc) is 3.39. The van der Waals surface area contributed by atoms with E-state index in [0.29, 0.717) is 11.7 Å². The Morgan fingerprint density at radius 2 is 1.81 bits per heavy atom. The number of likely N-dealkylation sites (tertiary alicyclic amines) is 1. The number of fused-ring (bicyclic) bond motifs is 3. The average molecular weight is 439 g/mol. The molecular weight excluding hydrogens is 412 g/mol. The smallest absolute Gasteiger partial charge is 0.255 e. The summed E-state index contributed by atoms with van der Waals surface area (Å²) in [6, 6.07) is 12.1. The van der Waals surface area contributed by atoms with E-state index in [1.54, 1.807) is 0 Å². The fraction of sp³-hybridized carbons (Fsp3) is 0.480. The van der Waals surface area contributed by atoms with Crippen LogP contribution in [0.4, 0.5) is 0 Å². The van der Waals surface area contributed by atoms with Gasteiger partial charge in [-0.15, -0.1) is 0 Å². The van der Waals surface area contributed by atoms with E-state index < -0.39 is 0 Å². The molecule has 162 valence electrons. The zero-order valence-corrected chi connectivity index (χ0v) is 18.4. The molecule has 0 aromatic heterocycles. The Hall–Kier alpha value is -2.24. The van der Waals surface area contributed by atoms with Gasteiger partial charge in [-0.05, 0) is 80.4 Å². The minimum absolute atomic E-state index is 0.0852. The van der Waals surface area contributed by atoms with Crippen LogP contribution < -0.4 is 9.47 Å². The fourth-order valence-corrected chi connectivity index (χ4v) is 5.77. The number of carbonyl (C=O) groups is 1. The molecule has 3 heterocycles. The van der Waals surface area contributed by atoms with Crippen molar-refractivity contribution in [2.24, 2.45) is 5.92 Å². The summed E-state index contributed by atoms with van der Waals surface area (Å²) in [5.41, 5.74) is 3.09. The number of hydrogen-bond donors (Lipinski definition) is 0. The molecular formula is C25H27ClN2O3. The number of carbonyl (C=O) groups excluding carboxylic acids is 1. The molecule has 6 heteroatoms. The van der Waals surface area contributed by atoms with Crippen LogP contribution in [0.5, 0.6) is 11.5 Å². The third-order valence-electron chi connectivity index (χ3n) is 7.55. The summed E-state index contributed by atoms with van der Waals surface area (Å²) in [5, 5.41) is 0.855. The molecule has 4 aliphatic rings. The van der Waals surface area contributed by atoms with E-state index in [1.807, 2.05) is 18.2 Å². The van der Waals surface area contributed by atoms with Crippen LogP contribution in [0.15, 0.2) is 36.4 Å². The maximum atomic E-state index is 13.2. The van der Waals surface area contributed by atoms with E-state index in [4.69, 9.17) is 21.1 Å². The van der Waals surface area contributed by atoms with Crippen molar-refractivity contribution in [1.29, 1.82) is 0 Å². The fourth-order valence-electron chi connectivity index (χ4n) is 5.57. The Morgan fingerprint density at radius 1 is 1.06 bits per heavy atom. The van der Waals surface area contributed by atoms with E-state index in [0.717, 1.165) is 67.3 Å². The lowest BCUT2D eigenvalue weighted by atomic mass is 9.92. The summed E-state index contributed by atoms with van der Waals surface area (Å²) in [6.07, 6.45) is 5.56. The lowest BCUT2D eigenvalue weighted by Gasteiger charge is -2.34. The van der Waals surface area contributed by atoms with Crippen molar-refractivity contribution in [3.05, 3.63) is 58.1 Å². The second kappa shape index (κ2) is 7.42. The van der Waals surface area contributed by atoms with Crippen molar-refractivity contribution in [1.82, 2.24) is 9.80 Å². The highest BCUT2D eigenvalue weighted by atomic mass is 35.5. The Kier molecular flexibility index (Phi) is 4.65. The van der Waals surface area contributed by atoms with Gasteiger partial charge in [0, 0.05) is 23.7 Å². The topological polar surface area (TPSA) is 42.0 Å². The highest BCUT2D eigenvalue weighted by molar-refractivity contribution is 6.31. The van der Waals surface area contributed by atoms with Crippen molar-refractivity contribution in [2.45, 2.75) is 44.2 Å². The molecule has 0 atom stereocenters. The van der Waals surface area contributed by atoms with Crippen molar-refractivity contribution in [3.63, 3.8) is 0 Å². The summed E-state index contributed by atoms with van der Waals surface area (Å²) in [5.74, 6) is 2.33. The summed E-state index contributed by atoms with van der Waals surface area (Å²) in [4.78, 5) is 17.9. The molecule has 1 amide bonds. The van der Waals surface area contributed by atoms with Crippen LogP contribution in [-0.4, -0.2) is 42.1 Å². The van der Waals surface area contributed by atoms with Gasteiger partial charge in [-0.3, -0.25) is 9.69 Å². The molecule has 0 bridgehead atoms. The standard InChI is InChI=1S/C25H27ClN2O3/c26-21-4-2-1-3-18(21)15-27-10-5-17(6-11-27)7-12-28-24(29)19-13-22-23(31-16-30-22)14-20(19)25(28)8-9-25/h1-4,13-14,17H,5-12,15-16H2. The zero-order chi connectivity index (χ0) is 21.0. The van der Waals surface area contributed by atoms with Crippen LogP contribution in [0, 0.1) is 5.92 Å². The molecule has 6 rings (SSSR count). The van der Waals surface area contributed by atoms with Crippen LogP contribution in [0.1, 0.15) is 53.6 Å². The van der Waals surface area contributed by atoms with Gasteiger partial charge in [-0.2, -0.15) is 0 Å². The predicted molar refractivity (Wildman–Crippen MR) is 119 cm³/mol. The number of ether oxygens (including phenoxy) is 2. The number of nitrogens with zero attached hydrogens (tertiary/aromatic N) is 2. The first-order valence-corrected chi connectivity index (χ1v) is 11.7. The summed E-state index contributed by atoms with van der Waals surface area (Å²) in [6.45, 7) is 4.20. The van der Waals surface area contributed by atoms with E-state index in [1.165, 1.54) is 18.4 Å². The van der Waals surface area contributed by atoms with Crippen molar-refractivity contribution >= 4 is 17.5 Å². The van der Waals surface area contributed by atoms with E-state index in [2.05, 4.69) is 28.0 Å². The lowest BCUT2D eigenvalue weighted by molar-refractivity contribution is 0.0671. The van der Waals surface area contributed by atoms with Gasteiger partial charge in [0.2, 0.25) is 6.79 Å². The molecule has 0 radical (unpaired) electrons. The summed E-state index contributed by atoms with van der Waals surface area (Å²) >= 11 is 6.33. The van der Waals surface area contributed by atoms with Gasteiger partial charge in [0.25, 0.3) is 5.91 Å². The van der Waals surface area contributed by atoms with Gasteiger partial charge in [0.05, 0.1) is 5.54 Å². The number of halogens is 1. The van der Waals surface area contributed by atoms with Crippen molar-refractivity contribution in [3.8, 4) is 11.5 Å². The quantitative estimate of drug-likeness (QED) is 0.671. The second-order valence-corrected chi connectivity index (χ2v) is 9.75. The molecule has 31 heavy (non-hydrogen) atoms. The van der Waals surface area contributed by atoms with Crippen molar-refractivity contribution < 1.29 is 14.3 Å². The normalized spacial score (nSPS) is 21.7. The van der Waals surface area contributed by atoms with Crippen LogP contribution in [0.2, 0.25) is 5.02 Å². The second-order valence-electron chi connectivity index (χ2n) is 9.34. The number of piperidine rings is 1. The van der Waals surface area contributed by atoms with Gasteiger partial charge < -0.3 is 14.4 Å². The molecule has 0 N–H and O–H groups in total. The number of hydrogen-bond acceptors (Lipinski definition) is 4. The maximum absolute atomic E-state index is 13.2. The molecule has 0 unspecified atom stereocenters. The van der Waals surface area contributed by atoms with Gasteiger partial charge in [-0.25, -0.2) is 0 Å². The molecule has 1 saturated carbocycles. The lowest BCUT2D eigenvalue weighted by Crippen LogP contribution is -2.37. The molecule has 1 saturated heterocycles. The highest BCUT2D eigenvalue weighted by Crippen LogP contribution is 2.58. The van der Waals surface area contributed by atoms with E-state index in [-0.39, 0.29) is 18.2 Å². The van der Waals surface area contributed by atoms with Crippen LogP contribution in [0.25, 0.3) is 0 Å². The third kappa shape index (κ3) is 3.30. The first-order chi connectivity index (χ1) is 15.1. The zero-order valence-electron chi connectivity index (χ0n) is 17.6. The van der Waals surface area contributed by atoms with Crippen LogP contribution in [-0.2, 0) is 12.1 Å². The van der Waals surface area contributed by atoms with Crippen LogP contribution in [0.3, 0.4) is 0 Å². The number of amides is 1. The Balaban J connectivity index is 1.07. The molecule has 1 spiro atoms. The summed E-state index contributed by atoms with van der Waals surface area (Å²) in [7, 11) is 0.